The lowest BCUT2D eigenvalue weighted by atomic mass is 10.2. The molecule has 0 unspecified atom stereocenters. The third-order valence-corrected chi connectivity index (χ3v) is 5.93. The number of nitrogens with one attached hydrogen (secondary N) is 2. The molecule has 0 saturated heterocycles. The monoisotopic (exact) mass is 448 g/mol. The number of aliphatic carboxylic acids is 1. The van der Waals surface area contributed by atoms with Gasteiger partial charge in [0.2, 0.25) is 0 Å². The van der Waals surface area contributed by atoms with Crippen LogP contribution in [-0.4, -0.2) is 39.1 Å². The minimum absolute atomic E-state index is 0.434. The number of benzene rings is 1. The van der Waals surface area contributed by atoms with Gasteiger partial charge in [-0.2, -0.15) is 0 Å². The van der Waals surface area contributed by atoms with Crippen molar-refractivity contribution in [2.45, 2.75) is 26.4 Å². The Morgan fingerprint density at radius 1 is 1.12 bits per heavy atom. The molecule has 8 nitrogen and oxygen atoms in total. The molecule has 164 valence electrons. The van der Waals surface area contributed by atoms with Crippen LogP contribution in [0.15, 0.2) is 54.7 Å². The average Bonchev–Trinajstić information content (AvgIpc) is 3.19. The molecule has 0 bridgehead atoms. The maximum atomic E-state index is 10.9. The minimum atomic E-state index is -0.881. The van der Waals surface area contributed by atoms with Crippen molar-refractivity contribution >= 4 is 50.1 Å². The van der Waals surface area contributed by atoms with Crippen molar-refractivity contribution in [1.82, 2.24) is 20.3 Å². The summed E-state index contributed by atoms with van der Waals surface area (Å²) in [5, 5.41) is 15.8. The van der Waals surface area contributed by atoms with E-state index in [9.17, 15) is 4.79 Å². The van der Waals surface area contributed by atoms with E-state index in [4.69, 9.17) is 10.1 Å². The van der Waals surface area contributed by atoms with Crippen LogP contribution < -0.4 is 15.5 Å². The lowest BCUT2D eigenvalue weighted by Crippen LogP contribution is -2.33. The molecule has 1 atom stereocenters. The normalized spacial score (nSPS) is 12.0. The van der Waals surface area contributed by atoms with Gasteiger partial charge in [0, 0.05) is 25.5 Å². The van der Waals surface area contributed by atoms with E-state index in [1.807, 2.05) is 36.2 Å². The van der Waals surface area contributed by atoms with Gasteiger partial charge in [-0.25, -0.2) is 15.0 Å². The van der Waals surface area contributed by atoms with E-state index in [1.165, 1.54) is 16.9 Å². The standard InChI is InChI=1S/C23H24N6O2S/c1-14-4-7-17(8-5-14)29(3)20-11-9-18-21(28-20)32-23(26-18)27-19-10-6-16(13-25-19)12-24-15(2)22(30)31/h4-11,13,15,24H,12H2,1-3H3,(H,30,31)(H,25,26,27)/t15-/m0/s1. The summed E-state index contributed by atoms with van der Waals surface area (Å²) >= 11 is 1.47. The van der Waals surface area contributed by atoms with E-state index in [0.29, 0.717) is 17.5 Å². The Bertz CT molecular complexity index is 1220. The van der Waals surface area contributed by atoms with Crippen LogP contribution in [0.1, 0.15) is 18.1 Å². The van der Waals surface area contributed by atoms with Crippen molar-refractivity contribution in [3.8, 4) is 0 Å². The SMILES string of the molecule is Cc1ccc(N(C)c2ccc3nc(Nc4ccc(CN[C@@H](C)C(=O)O)cn4)sc3n2)cc1. The largest absolute Gasteiger partial charge is 0.480 e. The van der Waals surface area contributed by atoms with E-state index in [0.717, 1.165) is 27.4 Å². The van der Waals surface area contributed by atoms with Crippen LogP contribution in [0.4, 0.5) is 22.5 Å². The van der Waals surface area contributed by atoms with Crippen LogP contribution in [0, 0.1) is 6.92 Å². The molecule has 32 heavy (non-hydrogen) atoms. The first-order valence-electron chi connectivity index (χ1n) is 10.1. The molecule has 0 fully saturated rings. The molecular formula is C23H24N6O2S. The summed E-state index contributed by atoms with van der Waals surface area (Å²) in [6, 6.07) is 15.4. The topological polar surface area (TPSA) is 103 Å². The zero-order chi connectivity index (χ0) is 22.7. The Kier molecular flexibility index (Phi) is 6.29. The summed E-state index contributed by atoms with van der Waals surface area (Å²) in [7, 11) is 2.00. The summed E-state index contributed by atoms with van der Waals surface area (Å²) in [6.07, 6.45) is 1.71. The number of hydrogen-bond acceptors (Lipinski definition) is 8. The summed E-state index contributed by atoms with van der Waals surface area (Å²) in [6.45, 7) is 4.11. The first kappa shape index (κ1) is 21.7. The molecule has 0 radical (unpaired) electrons. The molecule has 0 aliphatic rings. The number of rotatable bonds is 8. The number of fused-ring (bicyclic) bond motifs is 1. The number of carbonyl (C=O) groups is 1. The Hall–Kier alpha value is -3.56. The molecule has 3 aromatic heterocycles. The van der Waals surface area contributed by atoms with Gasteiger partial charge in [0.1, 0.15) is 28.0 Å². The predicted molar refractivity (Wildman–Crippen MR) is 128 cm³/mol. The van der Waals surface area contributed by atoms with E-state index < -0.39 is 12.0 Å². The maximum absolute atomic E-state index is 10.9. The second-order valence-electron chi connectivity index (χ2n) is 7.52. The van der Waals surface area contributed by atoms with Crippen LogP contribution in [-0.2, 0) is 11.3 Å². The van der Waals surface area contributed by atoms with Crippen molar-refractivity contribution in [2.24, 2.45) is 0 Å². The van der Waals surface area contributed by atoms with Crippen LogP contribution in [0.25, 0.3) is 10.3 Å². The highest BCUT2D eigenvalue weighted by atomic mass is 32.1. The fraction of sp³-hybridized carbons (Fsp3) is 0.217. The Morgan fingerprint density at radius 3 is 2.59 bits per heavy atom. The lowest BCUT2D eigenvalue weighted by molar-refractivity contribution is -0.139. The predicted octanol–water partition coefficient (Wildman–Crippen LogP) is 4.47. The second-order valence-corrected chi connectivity index (χ2v) is 8.50. The smallest absolute Gasteiger partial charge is 0.320 e. The van der Waals surface area contributed by atoms with Crippen LogP contribution in [0.3, 0.4) is 0 Å². The van der Waals surface area contributed by atoms with Gasteiger partial charge in [-0.1, -0.05) is 35.1 Å². The summed E-state index contributed by atoms with van der Waals surface area (Å²) < 4.78 is 0. The van der Waals surface area contributed by atoms with Crippen molar-refractivity contribution in [2.75, 3.05) is 17.3 Å². The van der Waals surface area contributed by atoms with Gasteiger partial charge in [-0.05, 0) is 49.7 Å². The maximum Gasteiger partial charge on any atom is 0.320 e. The molecule has 0 amide bonds. The molecule has 4 aromatic rings. The number of nitrogens with zero attached hydrogens (tertiary/aromatic N) is 4. The summed E-state index contributed by atoms with van der Waals surface area (Å²) in [5.41, 5.74) is 4.01. The molecule has 0 aliphatic carbocycles. The zero-order valence-corrected chi connectivity index (χ0v) is 18.8. The van der Waals surface area contributed by atoms with Gasteiger partial charge in [0.05, 0.1) is 0 Å². The number of carboxylic acids is 1. The van der Waals surface area contributed by atoms with Crippen LogP contribution >= 0.6 is 11.3 Å². The molecule has 1 aromatic carbocycles. The van der Waals surface area contributed by atoms with E-state index >= 15 is 0 Å². The molecule has 0 saturated carbocycles. The molecule has 4 rings (SSSR count). The molecule has 3 N–H and O–H groups in total. The van der Waals surface area contributed by atoms with Gasteiger partial charge in [0.15, 0.2) is 5.13 Å². The number of hydrogen-bond donors (Lipinski definition) is 3. The fourth-order valence-electron chi connectivity index (χ4n) is 3.02. The molecule has 9 heteroatoms. The Morgan fingerprint density at radius 2 is 1.91 bits per heavy atom. The zero-order valence-electron chi connectivity index (χ0n) is 18.0. The van der Waals surface area contributed by atoms with Crippen molar-refractivity contribution in [3.05, 3.63) is 65.9 Å². The Balaban J connectivity index is 1.45. The molecule has 3 heterocycles. The van der Waals surface area contributed by atoms with Crippen LogP contribution in [0.5, 0.6) is 0 Å². The third kappa shape index (κ3) is 5.01. The van der Waals surface area contributed by atoms with Crippen molar-refractivity contribution in [1.29, 1.82) is 0 Å². The average molecular weight is 449 g/mol. The first-order chi connectivity index (χ1) is 15.4. The van der Waals surface area contributed by atoms with Gasteiger partial charge < -0.3 is 20.6 Å². The summed E-state index contributed by atoms with van der Waals surface area (Å²) in [5.74, 6) is 0.632. The van der Waals surface area contributed by atoms with E-state index in [2.05, 4.69) is 51.8 Å². The summed E-state index contributed by atoms with van der Waals surface area (Å²) in [4.78, 5) is 27.6. The van der Waals surface area contributed by atoms with Gasteiger partial charge in [0.25, 0.3) is 0 Å². The second kappa shape index (κ2) is 9.29. The molecule has 0 aliphatic heterocycles. The van der Waals surface area contributed by atoms with Gasteiger partial charge in [-0.3, -0.25) is 4.79 Å². The van der Waals surface area contributed by atoms with Crippen LogP contribution in [0.2, 0.25) is 0 Å². The van der Waals surface area contributed by atoms with Gasteiger partial charge in [-0.15, -0.1) is 0 Å². The number of aromatic nitrogens is 3. The minimum Gasteiger partial charge on any atom is -0.480 e. The highest BCUT2D eigenvalue weighted by molar-refractivity contribution is 7.21. The van der Waals surface area contributed by atoms with E-state index in [1.54, 1.807) is 13.1 Å². The quantitative estimate of drug-likeness (QED) is 0.363. The number of aryl methyl sites for hydroxylation is 1. The fourth-order valence-corrected chi connectivity index (χ4v) is 3.86. The highest BCUT2D eigenvalue weighted by Crippen LogP contribution is 2.30. The Labute approximate surface area is 190 Å². The van der Waals surface area contributed by atoms with E-state index in [-0.39, 0.29) is 0 Å². The molecular weight excluding hydrogens is 424 g/mol. The number of thiazole rings is 1. The number of anilines is 4. The number of pyridine rings is 2. The first-order valence-corrected chi connectivity index (χ1v) is 11.0. The third-order valence-electron chi connectivity index (χ3n) is 5.05. The lowest BCUT2D eigenvalue weighted by Gasteiger charge is -2.18. The number of carboxylic acid groups (broad SMARTS) is 1. The van der Waals surface area contributed by atoms with Crippen molar-refractivity contribution in [3.63, 3.8) is 0 Å². The molecule has 0 spiro atoms. The van der Waals surface area contributed by atoms with Gasteiger partial charge >= 0.3 is 5.97 Å². The highest BCUT2D eigenvalue weighted by Gasteiger charge is 2.12. The van der Waals surface area contributed by atoms with Crippen molar-refractivity contribution < 1.29 is 9.90 Å².